The fourth-order valence-electron chi connectivity index (χ4n) is 3.37. The first kappa shape index (κ1) is 15.2. The van der Waals surface area contributed by atoms with E-state index in [1.807, 2.05) is 17.5 Å². The van der Waals surface area contributed by atoms with Crippen molar-refractivity contribution in [2.24, 2.45) is 23.7 Å². The van der Waals surface area contributed by atoms with E-state index in [9.17, 15) is 14.7 Å². The number of aliphatic carboxylic acids is 1. The Hall–Kier alpha value is -1.69. The van der Waals surface area contributed by atoms with Gasteiger partial charge in [-0.3, -0.25) is 4.79 Å². The predicted molar refractivity (Wildman–Crippen MR) is 82.2 cm³/mol. The number of rotatable bonds is 3. The number of fused-ring (bicyclic) bond motifs is 2. The van der Waals surface area contributed by atoms with Crippen LogP contribution in [0.25, 0.3) is 0 Å². The number of nitrogens with zero attached hydrogens (tertiary/aromatic N) is 1. The number of carbonyl (C=O) groups excluding carboxylic acids is 2. The number of carbonyl (C=O) groups is 2. The summed E-state index contributed by atoms with van der Waals surface area (Å²) in [4.78, 5) is 28.3. The van der Waals surface area contributed by atoms with Crippen molar-refractivity contribution in [2.45, 2.75) is 32.6 Å². The van der Waals surface area contributed by atoms with Gasteiger partial charge in [-0.15, -0.1) is 11.3 Å². The first-order valence-corrected chi connectivity index (χ1v) is 8.31. The number of carboxylic acids is 1. The van der Waals surface area contributed by atoms with Crippen molar-refractivity contribution in [1.29, 1.82) is 0 Å². The van der Waals surface area contributed by atoms with E-state index in [0.29, 0.717) is 5.13 Å². The zero-order chi connectivity index (χ0) is 16.1. The fraction of sp³-hybridized carbons (Fsp3) is 0.562. The van der Waals surface area contributed by atoms with E-state index >= 15 is 0 Å². The molecule has 0 radical (unpaired) electrons. The normalized spacial score (nSPS) is 29.8. The van der Waals surface area contributed by atoms with Crippen LogP contribution in [-0.4, -0.2) is 16.9 Å². The molecule has 0 aliphatic heterocycles. The van der Waals surface area contributed by atoms with Gasteiger partial charge >= 0.3 is 0 Å². The van der Waals surface area contributed by atoms with Gasteiger partial charge in [-0.2, -0.15) is 0 Å². The molecule has 118 valence electrons. The van der Waals surface area contributed by atoms with Crippen molar-refractivity contribution >= 4 is 28.3 Å². The molecule has 4 atom stereocenters. The summed E-state index contributed by atoms with van der Waals surface area (Å²) in [6.07, 6.45) is 4.58. The topological polar surface area (TPSA) is 82.1 Å². The van der Waals surface area contributed by atoms with E-state index in [4.69, 9.17) is 0 Å². The number of thiazole rings is 1. The van der Waals surface area contributed by atoms with Gasteiger partial charge in [0.1, 0.15) is 0 Å². The van der Waals surface area contributed by atoms with Crippen molar-refractivity contribution in [2.75, 3.05) is 5.32 Å². The highest BCUT2D eigenvalue weighted by Gasteiger charge is 2.48. The number of anilines is 1. The maximum atomic E-state index is 12.5. The van der Waals surface area contributed by atoms with Crippen molar-refractivity contribution in [3.8, 4) is 0 Å². The van der Waals surface area contributed by atoms with Crippen LogP contribution in [0.5, 0.6) is 0 Å². The summed E-state index contributed by atoms with van der Waals surface area (Å²) in [5.41, 5.74) is 0.833. The van der Waals surface area contributed by atoms with Crippen molar-refractivity contribution < 1.29 is 14.7 Å². The molecule has 2 bridgehead atoms. The second kappa shape index (κ2) is 5.19. The van der Waals surface area contributed by atoms with Crippen LogP contribution in [0.4, 0.5) is 5.13 Å². The Morgan fingerprint density at radius 2 is 1.91 bits per heavy atom. The summed E-state index contributed by atoms with van der Waals surface area (Å²) in [6.45, 7) is 6.17. The molecule has 1 N–H and O–H groups in total. The number of hydrogen-bond donors (Lipinski definition) is 1. The molecular formula is C16H19N2O3S-. The largest absolute Gasteiger partial charge is 0.550 e. The van der Waals surface area contributed by atoms with Gasteiger partial charge in [0.05, 0.1) is 11.6 Å². The molecule has 22 heavy (non-hydrogen) atoms. The standard InChI is InChI=1S/C16H20N2O3S/c1-16(2,3)10-7-22-15(17-10)18-13(19)11-8-4-5-9(6-8)12(11)14(20)21/h4-5,7-9,11-12H,6H2,1-3H3,(H,20,21)(H,17,18,19)/p-1/t8-,9+,11+,12+/m1/s1. The van der Waals surface area contributed by atoms with Gasteiger partial charge in [-0.25, -0.2) is 4.98 Å². The third-order valence-corrected chi connectivity index (χ3v) is 5.29. The van der Waals surface area contributed by atoms with Crippen molar-refractivity contribution in [3.05, 3.63) is 23.2 Å². The Labute approximate surface area is 133 Å². The first-order valence-electron chi connectivity index (χ1n) is 7.43. The molecule has 0 saturated heterocycles. The molecular weight excluding hydrogens is 300 g/mol. The molecule has 0 spiro atoms. The number of nitrogens with one attached hydrogen (secondary N) is 1. The molecule has 1 aromatic rings. The van der Waals surface area contributed by atoms with Crippen LogP contribution in [0.2, 0.25) is 0 Å². The average Bonchev–Trinajstić information content (AvgIpc) is 3.11. The molecule has 2 aliphatic rings. The lowest BCUT2D eigenvalue weighted by Gasteiger charge is -2.27. The highest BCUT2D eigenvalue weighted by atomic mass is 32.1. The summed E-state index contributed by atoms with van der Waals surface area (Å²) < 4.78 is 0. The molecule has 1 amide bonds. The summed E-state index contributed by atoms with van der Waals surface area (Å²) in [5.74, 6) is -2.76. The van der Waals surface area contributed by atoms with Crippen LogP contribution in [0, 0.1) is 23.7 Å². The Bertz CT molecular complexity index is 644. The minimum Gasteiger partial charge on any atom is -0.550 e. The molecule has 3 rings (SSSR count). The molecule has 5 nitrogen and oxygen atoms in total. The molecule has 2 aliphatic carbocycles. The minimum absolute atomic E-state index is 0.00468. The van der Waals surface area contributed by atoms with Crippen LogP contribution < -0.4 is 10.4 Å². The lowest BCUT2D eigenvalue weighted by molar-refractivity contribution is -0.313. The Morgan fingerprint density at radius 3 is 2.45 bits per heavy atom. The van der Waals surface area contributed by atoms with Crippen molar-refractivity contribution in [1.82, 2.24) is 4.98 Å². The van der Waals surface area contributed by atoms with Crippen LogP contribution in [-0.2, 0) is 15.0 Å². The highest BCUT2D eigenvalue weighted by Crippen LogP contribution is 2.48. The van der Waals surface area contributed by atoms with Gasteiger partial charge in [0, 0.05) is 22.7 Å². The Balaban J connectivity index is 1.76. The van der Waals surface area contributed by atoms with E-state index in [1.54, 1.807) is 0 Å². The number of allylic oxidation sites excluding steroid dienone is 2. The molecule has 1 fully saturated rings. The molecule has 1 heterocycles. The van der Waals surface area contributed by atoms with E-state index in [-0.39, 0.29) is 23.2 Å². The fourth-order valence-corrected chi connectivity index (χ4v) is 4.31. The number of amides is 1. The molecule has 0 unspecified atom stereocenters. The van der Waals surface area contributed by atoms with E-state index < -0.39 is 17.8 Å². The predicted octanol–water partition coefficient (Wildman–Crippen LogP) is 1.57. The third kappa shape index (κ3) is 2.56. The second-order valence-electron chi connectivity index (χ2n) is 7.10. The summed E-state index contributed by atoms with van der Waals surface area (Å²) >= 11 is 1.37. The van der Waals surface area contributed by atoms with Gasteiger partial charge in [-0.1, -0.05) is 32.9 Å². The van der Waals surface area contributed by atoms with Crippen LogP contribution in [0.3, 0.4) is 0 Å². The summed E-state index contributed by atoms with van der Waals surface area (Å²) in [5, 5.41) is 16.6. The van der Waals surface area contributed by atoms with Crippen LogP contribution in [0.1, 0.15) is 32.9 Å². The average molecular weight is 319 g/mol. The molecule has 1 saturated carbocycles. The van der Waals surface area contributed by atoms with Crippen LogP contribution >= 0.6 is 11.3 Å². The van der Waals surface area contributed by atoms with E-state index in [2.05, 4.69) is 31.1 Å². The molecule has 0 aromatic carbocycles. The molecule has 6 heteroatoms. The van der Waals surface area contributed by atoms with Gasteiger partial charge < -0.3 is 15.2 Å². The summed E-state index contributed by atoms with van der Waals surface area (Å²) in [7, 11) is 0. The summed E-state index contributed by atoms with van der Waals surface area (Å²) in [6, 6.07) is 0. The minimum atomic E-state index is -1.13. The number of carboxylic acid groups (broad SMARTS) is 1. The van der Waals surface area contributed by atoms with Gasteiger partial charge in [0.15, 0.2) is 5.13 Å². The maximum absolute atomic E-state index is 12.5. The van der Waals surface area contributed by atoms with Gasteiger partial charge in [0.25, 0.3) is 0 Å². The number of aromatic nitrogens is 1. The Kier molecular flexibility index (Phi) is 3.59. The quantitative estimate of drug-likeness (QED) is 0.857. The van der Waals surface area contributed by atoms with Gasteiger partial charge in [-0.05, 0) is 18.3 Å². The highest BCUT2D eigenvalue weighted by molar-refractivity contribution is 7.13. The monoisotopic (exact) mass is 319 g/mol. The zero-order valence-electron chi connectivity index (χ0n) is 12.8. The van der Waals surface area contributed by atoms with Crippen molar-refractivity contribution in [3.63, 3.8) is 0 Å². The second-order valence-corrected chi connectivity index (χ2v) is 7.95. The smallest absolute Gasteiger partial charge is 0.230 e. The maximum Gasteiger partial charge on any atom is 0.230 e. The zero-order valence-corrected chi connectivity index (χ0v) is 13.6. The van der Waals surface area contributed by atoms with E-state index in [0.717, 1.165) is 12.1 Å². The lowest BCUT2D eigenvalue weighted by atomic mass is 9.82. The lowest BCUT2D eigenvalue weighted by Crippen LogP contribution is -2.42. The van der Waals surface area contributed by atoms with Gasteiger partial charge in [0.2, 0.25) is 5.91 Å². The molecule has 1 aromatic heterocycles. The van der Waals surface area contributed by atoms with Crippen LogP contribution in [0.15, 0.2) is 17.5 Å². The van der Waals surface area contributed by atoms with E-state index in [1.165, 1.54) is 11.3 Å². The Morgan fingerprint density at radius 1 is 1.27 bits per heavy atom. The SMILES string of the molecule is CC(C)(C)c1csc(NC(=O)[C@@H]2[C@@H](C(=O)[O-])[C@H]3C=C[C@@H]2C3)n1. The third-order valence-electron chi connectivity index (χ3n) is 4.54. The number of hydrogen-bond acceptors (Lipinski definition) is 5. The first-order chi connectivity index (χ1) is 10.3.